The van der Waals surface area contributed by atoms with Gasteiger partial charge in [0, 0.05) is 12.3 Å². The van der Waals surface area contributed by atoms with Gasteiger partial charge >= 0.3 is 0 Å². The van der Waals surface area contributed by atoms with E-state index in [0.29, 0.717) is 6.26 Å². The van der Waals surface area contributed by atoms with Gasteiger partial charge in [-0.3, -0.25) is 5.32 Å². The Morgan fingerprint density at radius 2 is 1.43 bits per heavy atom. The number of pyridine rings is 1. The Bertz CT molecular complexity index is 1160. The first-order chi connectivity index (χ1) is 13.3. The predicted octanol–water partition coefficient (Wildman–Crippen LogP) is 3.08. The highest BCUT2D eigenvalue weighted by Crippen LogP contribution is 2.28. The number of hydrogen-bond acceptors (Lipinski definition) is 5. The third-order valence-corrected chi connectivity index (χ3v) is 4.03. The first-order valence-corrected chi connectivity index (χ1v) is 10.3. The number of aromatic nitrogens is 1. The first kappa shape index (κ1) is 19.8. The molecule has 0 bridgehead atoms. The predicted molar refractivity (Wildman–Crippen MR) is 109 cm³/mol. The molecule has 0 aliphatic rings. The van der Waals surface area contributed by atoms with Crippen molar-refractivity contribution in [2.75, 3.05) is 13.4 Å². The zero-order valence-corrected chi connectivity index (χ0v) is 16.3. The van der Waals surface area contributed by atoms with Crippen molar-refractivity contribution in [1.29, 1.82) is 0 Å². The lowest BCUT2D eigenvalue weighted by molar-refractivity contribution is -0.475. The second kappa shape index (κ2) is 8.35. The highest BCUT2D eigenvalue weighted by molar-refractivity contribution is 7.84. The van der Waals surface area contributed by atoms with Crippen LogP contribution in [0.3, 0.4) is 0 Å². The molecule has 28 heavy (non-hydrogen) atoms. The molecule has 3 aromatic carbocycles. The smallest absolute Gasteiger partial charge is 0.153 e. The number of nitrogens with two attached hydrogens (primary N) is 1. The van der Waals surface area contributed by atoms with Crippen molar-refractivity contribution >= 4 is 43.3 Å². The average molecular weight is 396 g/mol. The molecular weight excluding hydrogens is 376 g/mol. The van der Waals surface area contributed by atoms with E-state index in [-0.39, 0.29) is 0 Å². The summed E-state index contributed by atoms with van der Waals surface area (Å²) in [6, 6.07) is 24.6. The van der Waals surface area contributed by atoms with E-state index in [1.807, 2.05) is 30.3 Å². The van der Waals surface area contributed by atoms with Crippen molar-refractivity contribution in [2.24, 2.45) is 0 Å². The summed E-state index contributed by atoms with van der Waals surface area (Å²) in [5.41, 5.74) is 4.34. The number of para-hydroxylation sites is 2. The second-order valence-corrected chi connectivity index (χ2v) is 7.59. The molecule has 7 heteroatoms. The fourth-order valence-electron chi connectivity index (χ4n) is 2.93. The van der Waals surface area contributed by atoms with Crippen LogP contribution >= 0.6 is 0 Å². The van der Waals surface area contributed by atoms with E-state index >= 15 is 0 Å². The number of fused-ring (bicyclic) bond motifs is 2. The molecule has 0 saturated heterocycles. The molecule has 0 aliphatic heterocycles. The minimum Gasteiger partial charge on any atom is -0.748 e. The average Bonchev–Trinajstić information content (AvgIpc) is 2.67. The third-order valence-electron chi connectivity index (χ3n) is 4.03. The molecule has 0 amide bonds. The quantitative estimate of drug-likeness (QED) is 0.326. The largest absolute Gasteiger partial charge is 0.748 e. The molecule has 0 radical (unpaired) electrons. The topological polar surface area (TPSA) is 95.9 Å². The molecule has 4 aromatic rings. The highest BCUT2D eigenvalue weighted by atomic mass is 32.2. The Balaban J connectivity index is 0.000000403. The van der Waals surface area contributed by atoms with Gasteiger partial charge in [0.2, 0.25) is 0 Å². The Morgan fingerprint density at radius 1 is 0.893 bits per heavy atom. The zero-order valence-electron chi connectivity index (χ0n) is 15.5. The van der Waals surface area contributed by atoms with Crippen molar-refractivity contribution in [3.8, 4) is 5.75 Å². The van der Waals surface area contributed by atoms with Crippen LogP contribution in [-0.2, 0) is 10.1 Å². The minimum atomic E-state index is -3.92. The summed E-state index contributed by atoms with van der Waals surface area (Å²) in [5.74, 6) is 0.862. The third kappa shape index (κ3) is 5.04. The molecule has 6 nitrogen and oxygen atoms in total. The maximum absolute atomic E-state index is 9.08. The van der Waals surface area contributed by atoms with Crippen LogP contribution in [0.25, 0.3) is 21.8 Å². The van der Waals surface area contributed by atoms with Crippen LogP contribution in [0.5, 0.6) is 5.75 Å². The second-order valence-electron chi connectivity index (χ2n) is 6.18. The molecule has 4 rings (SSSR count). The van der Waals surface area contributed by atoms with E-state index < -0.39 is 10.1 Å². The zero-order chi connectivity index (χ0) is 20.1. The van der Waals surface area contributed by atoms with Crippen LogP contribution in [0.1, 0.15) is 0 Å². The lowest BCUT2D eigenvalue weighted by atomic mass is 10.1. The van der Waals surface area contributed by atoms with Gasteiger partial charge in [-0.05, 0) is 36.4 Å². The molecule has 0 unspecified atom stereocenters. The van der Waals surface area contributed by atoms with Crippen LogP contribution < -0.4 is 10.1 Å². The van der Waals surface area contributed by atoms with Crippen molar-refractivity contribution < 1.29 is 23.0 Å². The van der Waals surface area contributed by atoms with E-state index in [2.05, 4.69) is 47.8 Å². The minimum absolute atomic E-state index is 0.604. The van der Waals surface area contributed by atoms with Gasteiger partial charge in [-0.15, -0.1) is 0 Å². The highest BCUT2D eigenvalue weighted by Gasteiger charge is 2.13. The molecule has 0 fully saturated rings. The van der Waals surface area contributed by atoms with Gasteiger partial charge in [0.05, 0.1) is 39.0 Å². The number of quaternary nitrogens is 1. The standard InChI is InChI=1S/C20H16N2O.CH4O3S/c1-23-15-8-6-7-14(13-15)21-20-16-9-2-4-11-18(16)22-19-12-5-3-10-17(19)20;1-5(2,3)4/h2-13H,1H3,(H,21,22);1H3,(H,2,3,4). The van der Waals surface area contributed by atoms with E-state index in [4.69, 9.17) is 22.7 Å². The molecular formula is C21H20N2O4S. The van der Waals surface area contributed by atoms with E-state index in [1.54, 1.807) is 7.11 Å². The van der Waals surface area contributed by atoms with Crippen molar-refractivity contribution in [3.63, 3.8) is 0 Å². The van der Waals surface area contributed by atoms with Gasteiger partial charge in [0.25, 0.3) is 0 Å². The molecule has 0 atom stereocenters. The SMILES string of the molecule is COc1cccc([NH2+]c2c3ccccc3nc3ccccc23)c1.CS(=O)(=O)[O-]. The van der Waals surface area contributed by atoms with Gasteiger partial charge in [-0.2, -0.15) is 0 Å². The van der Waals surface area contributed by atoms with E-state index in [0.717, 1.165) is 33.2 Å². The lowest BCUT2D eigenvalue weighted by Gasteiger charge is -2.09. The van der Waals surface area contributed by atoms with Crippen LogP contribution in [0, 0.1) is 0 Å². The van der Waals surface area contributed by atoms with Crippen LogP contribution in [0.4, 0.5) is 11.4 Å². The number of hydrogen-bond donors (Lipinski definition) is 1. The fourth-order valence-corrected chi connectivity index (χ4v) is 2.93. The number of rotatable bonds is 3. The summed E-state index contributed by atoms with van der Waals surface area (Å²) in [6.45, 7) is 0. The van der Waals surface area contributed by atoms with Gasteiger partial charge in [-0.1, -0.05) is 30.3 Å². The van der Waals surface area contributed by atoms with Crippen molar-refractivity contribution in [1.82, 2.24) is 4.98 Å². The summed E-state index contributed by atoms with van der Waals surface area (Å²) < 4.78 is 32.6. The monoisotopic (exact) mass is 396 g/mol. The van der Waals surface area contributed by atoms with Crippen molar-refractivity contribution in [2.45, 2.75) is 0 Å². The van der Waals surface area contributed by atoms with Gasteiger partial charge in [-0.25, -0.2) is 13.4 Å². The number of methoxy groups -OCH3 is 1. The van der Waals surface area contributed by atoms with Gasteiger partial charge < -0.3 is 9.29 Å². The maximum atomic E-state index is 9.08. The summed E-state index contributed by atoms with van der Waals surface area (Å²) >= 11 is 0. The number of benzene rings is 3. The molecule has 2 N–H and O–H groups in total. The Kier molecular flexibility index (Phi) is 5.89. The van der Waals surface area contributed by atoms with E-state index in [9.17, 15) is 0 Å². The normalized spacial score (nSPS) is 11.1. The fraction of sp³-hybridized carbons (Fsp3) is 0.0952. The molecule has 0 saturated carbocycles. The molecule has 0 spiro atoms. The molecule has 144 valence electrons. The Labute approximate surface area is 163 Å². The van der Waals surface area contributed by atoms with Gasteiger partial charge in [0.15, 0.2) is 5.69 Å². The lowest BCUT2D eigenvalue weighted by Crippen LogP contribution is -2.71. The van der Waals surface area contributed by atoms with Crippen LogP contribution in [0.2, 0.25) is 0 Å². The molecule has 1 aromatic heterocycles. The maximum Gasteiger partial charge on any atom is 0.153 e. The van der Waals surface area contributed by atoms with Crippen LogP contribution in [0.15, 0.2) is 72.8 Å². The summed E-state index contributed by atoms with van der Waals surface area (Å²) in [4.78, 5) is 4.77. The molecule has 0 aliphatic carbocycles. The number of nitrogens with zero attached hydrogens (tertiary/aromatic N) is 1. The van der Waals surface area contributed by atoms with Crippen LogP contribution in [-0.4, -0.2) is 31.3 Å². The van der Waals surface area contributed by atoms with Crippen molar-refractivity contribution in [3.05, 3.63) is 72.8 Å². The summed E-state index contributed by atoms with van der Waals surface area (Å²) in [5, 5.41) is 4.53. The van der Waals surface area contributed by atoms with E-state index in [1.165, 1.54) is 5.69 Å². The molecule has 1 heterocycles. The summed E-state index contributed by atoms with van der Waals surface area (Å²) in [7, 11) is -2.23. The number of ether oxygens (including phenoxy) is 1. The summed E-state index contributed by atoms with van der Waals surface area (Å²) in [6.07, 6.45) is 0.604. The first-order valence-electron chi connectivity index (χ1n) is 8.52. The Morgan fingerprint density at radius 3 is 1.96 bits per heavy atom. The Hall–Kier alpha value is -3.00. The van der Waals surface area contributed by atoms with Gasteiger partial charge in [0.1, 0.15) is 11.4 Å².